The molecule has 4 amide bonds. The van der Waals surface area contributed by atoms with Crippen LogP contribution in [0.1, 0.15) is 95.3 Å². The molecule has 2 aromatic carbocycles. The van der Waals surface area contributed by atoms with Gasteiger partial charge in [0.2, 0.25) is 5.91 Å². The smallest absolute Gasteiger partial charge is 0.349 e. The van der Waals surface area contributed by atoms with Gasteiger partial charge >= 0.3 is 11.9 Å². The zero-order valence-electron chi connectivity index (χ0n) is 41.1. The first-order chi connectivity index (χ1) is 33.9. The number of furan rings is 1. The maximum absolute atomic E-state index is 12.7. The van der Waals surface area contributed by atoms with Gasteiger partial charge in [-0.15, -0.1) is 11.6 Å². The van der Waals surface area contributed by atoms with Crippen LogP contribution in [0.25, 0.3) is 6.08 Å². The van der Waals surface area contributed by atoms with Crippen molar-refractivity contribution in [2.75, 3.05) is 55.5 Å². The van der Waals surface area contributed by atoms with Gasteiger partial charge in [-0.1, -0.05) is 78.5 Å². The highest BCUT2D eigenvalue weighted by Crippen LogP contribution is 2.39. The number of methoxy groups -OCH3 is 1. The number of hydrogen-bond donors (Lipinski definition) is 3. The highest BCUT2D eigenvalue weighted by atomic mass is 35.5. The van der Waals surface area contributed by atoms with E-state index in [1.54, 1.807) is 63.3 Å². The Kier molecular flexibility index (Phi) is 25.0. The topological polar surface area (TPSA) is 237 Å². The summed E-state index contributed by atoms with van der Waals surface area (Å²) in [6, 6.07) is 13.4. The highest BCUT2D eigenvalue weighted by Gasteiger charge is 2.45. The van der Waals surface area contributed by atoms with Crippen molar-refractivity contribution in [2.24, 2.45) is 5.73 Å². The normalized spacial score (nSPS) is 17.4. The Morgan fingerprint density at radius 2 is 1.60 bits per heavy atom. The largest absolute Gasteiger partial charge is 0.480 e. The predicted octanol–water partition coefficient (Wildman–Crippen LogP) is 9.62. The molecule has 3 unspecified atom stereocenters. The maximum Gasteiger partial charge on any atom is 0.349 e. The number of esters is 1. The van der Waals surface area contributed by atoms with Gasteiger partial charge in [0, 0.05) is 36.1 Å². The van der Waals surface area contributed by atoms with Crippen LogP contribution < -0.4 is 15.5 Å². The number of benzene rings is 2. The number of halogens is 5. The van der Waals surface area contributed by atoms with Crippen LogP contribution in [0.15, 0.2) is 75.4 Å². The number of amides is 4. The molecule has 1 aromatic heterocycles. The Morgan fingerprint density at radius 3 is 2.07 bits per heavy atom. The fraction of sp³-hybridized carbons (Fsp3) is 0.469. The lowest BCUT2D eigenvalue weighted by atomic mass is 9.93. The second kappa shape index (κ2) is 29.0. The van der Waals surface area contributed by atoms with Gasteiger partial charge < -0.3 is 39.3 Å². The van der Waals surface area contributed by atoms with Crippen molar-refractivity contribution >= 4 is 118 Å². The number of nitrogens with two attached hydrogens (primary N) is 1. The first-order valence-electron chi connectivity index (χ1n) is 22.9. The minimum absolute atomic E-state index is 0.0371. The van der Waals surface area contributed by atoms with Crippen molar-refractivity contribution in [1.29, 1.82) is 0 Å². The number of nitrogens with zero attached hydrogens (tertiary/aromatic N) is 3. The van der Waals surface area contributed by atoms with E-state index in [2.05, 4.69) is 13.8 Å². The molecule has 6 rings (SSSR count). The van der Waals surface area contributed by atoms with Gasteiger partial charge in [-0.25, -0.2) is 9.69 Å². The summed E-state index contributed by atoms with van der Waals surface area (Å²) in [5.74, 6) is -2.20. The first-order valence-corrected chi connectivity index (χ1v) is 27.3. The van der Waals surface area contributed by atoms with Crippen LogP contribution in [0.5, 0.6) is 0 Å². The fourth-order valence-electron chi connectivity index (χ4n) is 7.61. The monoisotopic (exact) mass is 1120 g/mol. The number of para-hydroxylation sites is 1. The van der Waals surface area contributed by atoms with E-state index in [1.807, 2.05) is 24.3 Å². The minimum Gasteiger partial charge on any atom is -0.480 e. The summed E-state index contributed by atoms with van der Waals surface area (Å²) in [5.41, 5.74) is 9.64. The number of carbonyl (C=O) groups is 6. The van der Waals surface area contributed by atoms with Gasteiger partial charge in [-0.2, -0.15) is 0 Å². The fourth-order valence-corrected chi connectivity index (χ4v) is 9.09. The van der Waals surface area contributed by atoms with Crippen molar-refractivity contribution in [3.63, 3.8) is 0 Å². The third-order valence-electron chi connectivity index (χ3n) is 11.2. The molecular formula is C49H62Cl5N4O13P. The Balaban J connectivity index is 0.000000265. The van der Waals surface area contributed by atoms with E-state index in [-0.39, 0.29) is 66.6 Å². The zero-order valence-corrected chi connectivity index (χ0v) is 45.8. The number of aryl methyl sites for hydroxylation is 2. The van der Waals surface area contributed by atoms with Crippen molar-refractivity contribution in [3.8, 4) is 0 Å². The molecule has 1 aliphatic carbocycles. The van der Waals surface area contributed by atoms with Crippen molar-refractivity contribution in [1.82, 2.24) is 4.90 Å². The second-order valence-electron chi connectivity index (χ2n) is 16.9. The summed E-state index contributed by atoms with van der Waals surface area (Å²) >= 11 is 29.0. The van der Waals surface area contributed by atoms with E-state index < -0.39 is 35.9 Å². The predicted molar refractivity (Wildman–Crippen MR) is 280 cm³/mol. The summed E-state index contributed by atoms with van der Waals surface area (Å²) in [7, 11) is -1.52. The quantitative estimate of drug-likeness (QED) is 0.0303. The third kappa shape index (κ3) is 17.4. The zero-order chi connectivity index (χ0) is 54.1. The van der Waals surface area contributed by atoms with E-state index >= 15 is 0 Å². The summed E-state index contributed by atoms with van der Waals surface area (Å²) < 4.78 is 31.7. The molecule has 3 atom stereocenters. The molecule has 17 nitrogen and oxygen atoms in total. The van der Waals surface area contributed by atoms with E-state index in [0.717, 1.165) is 42.5 Å². The Labute approximate surface area is 444 Å². The molecule has 0 bridgehead atoms. The van der Waals surface area contributed by atoms with Crippen LogP contribution in [0.4, 0.5) is 11.4 Å². The van der Waals surface area contributed by atoms with Crippen LogP contribution in [-0.2, 0) is 60.4 Å². The molecule has 23 heteroatoms. The Bertz CT molecular complexity index is 2450. The lowest BCUT2D eigenvalue weighted by Crippen LogP contribution is -2.45. The number of hydrogen-bond acceptors (Lipinski definition) is 12. The number of rotatable bonds is 16. The SMILES string of the molecule is CC1(C)OC(c2ccco2)CN1C(=O)C(Cl)Cl.CCOC(=O)/C(Cl)=C/c1cc(N2C(=O)C3=C(CCCC3)C2=O)ccc1Cl.CCc1cccc(CC)c1N(COC)C(=O)CCl.CP(=O)(O)CCC(N)C(=O)O. The molecule has 3 heterocycles. The molecule has 0 saturated carbocycles. The van der Waals surface area contributed by atoms with Gasteiger partial charge in [0.05, 0.1) is 30.8 Å². The average molecular weight is 1120 g/mol. The van der Waals surface area contributed by atoms with Gasteiger partial charge in [0.25, 0.3) is 17.7 Å². The van der Waals surface area contributed by atoms with Crippen LogP contribution in [0, 0.1) is 0 Å². The molecule has 72 heavy (non-hydrogen) atoms. The highest BCUT2D eigenvalue weighted by molar-refractivity contribution is 7.57. The second-order valence-corrected chi connectivity index (χ2v) is 21.6. The van der Waals surface area contributed by atoms with E-state index in [4.69, 9.17) is 92.4 Å². The van der Waals surface area contributed by atoms with Gasteiger partial charge in [-0.3, -0.25) is 33.4 Å². The summed E-state index contributed by atoms with van der Waals surface area (Å²) in [4.78, 5) is 82.9. The van der Waals surface area contributed by atoms with E-state index in [0.29, 0.717) is 52.6 Å². The number of ether oxygens (including phenoxy) is 3. The summed E-state index contributed by atoms with van der Waals surface area (Å²) in [6.07, 6.45) is 7.49. The molecular weight excluding hydrogens is 1060 g/mol. The van der Waals surface area contributed by atoms with Crippen molar-refractivity contribution in [2.45, 2.75) is 102 Å². The lowest BCUT2D eigenvalue weighted by molar-refractivity contribution is -0.144. The molecule has 0 spiro atoms. The summed E-state index contributed by atoms with van der Waals surface area (Å²) in [5, 5.41) is 8.49. The molecule has 3 aromatic rings. The molecule has 1 fully saturated rings. The van der Waals surface area contributed by atoms with Crippen molar-refractivity contribution in [3.05, 3.63) is 98.4 Å². The van der Waals surface area contributed by atoms with E-state index in [9.17, 15) is 33.3 Å². The lowest BCUT2D eigenvalue weighted by Gasteiger charge is -2.29. The summed E-state index contributed by atoms with van der Waals surface area (Å²) in [6.45, 7) is 11.4. The first kappa shape index (κ1) is 62.0. The van der Waals surface area contributed by atoms with Crippen LogP contribution in [0.3, 0.4) is 0 Å². The third-order valence-corrected chi connectivity index (χ3v) is 13.5. The van der Waals surface area contributed by atoms with Gasteiger partial charge in [-0.05, 0) is 119 Å². The number of imide groups is 1. The van der Waals surface area contributed by atoms with Gasteiger partial charge in [0.15, 0.2) is 12.2 Å². The van der Waals surface area contributed by atoms with Crippen molar-refractivity contribution < 1.29 is 62.0 Å². The number of aliphatic carboxylic acids is 1. The van der Waals surface area contributed by atoms with Gasteiger partial charge in [0.1, 0.15) is 41.3 Å². The van der Waals surface area contributed by atoms with E-state index in [1.165, 1.54) is 22.5 Å². The molecule has 4 N–H and O–H groups in total. The molecule has 3 aliphatic rings. The van der Waals surface area contributed by atoms with Crippen LogP contribution >= 0.6 is 65.4 Å². The number of carbonyl (C=O) groups excluding carboxylic acids is 5. The van der Waals surface area contributed by atoms with Crippen LogP contribution in [-0.4, -0.2) is 113 Å². The number of anilines is 2. The maximum atomic E-state index is 12.7. The molecule has 1 saturated heterocycles. The number of carboxylic acid groups (broad SMARTS) is 1. The number of carboxylic acids is 1. The number of alkyl halides is 3. The average Bonchev–Trinajstić information content (AvgIpc) is 4.06. The molecule has 2 aliphatic heterocycles. The Morgan fingerprint density at radius 1 is 1.00 bits per heavy atom. The molecule has 396 valence electrons. The standard InChI is InChI=1S/C19H17Cl2NO4.C14H20ClNO2.C11H13Cl2NO3.C5H12NO4P/c1-2-26-19(25)16(21)10-11-9-12(7-8-15(11)20)22-17(23)13-5-3-4-6-14(13)18(22)24;1-4-11-7-6-8-12(5-2)14(11)16(10-18-3)13(17)9-15;1-11(2)14(10(15)9(12)13)6-8(17-11)7-4-3-5-16-7;1-11(9,10)3-2-4(6)5(7)8/h7-10H,2-6H2,1H3;6-8H,4-5,9-10H2,1-3H3;3-5,8-9H,6H2,1-2H3;4H,2-3,6H2,1H3,(H,7,8)(H,9,10)/b16-10-;;;. The molecule has 0 radical (unpaired) electrons. The minimum atomic E-state index is -3.10. The Hall–Kier alpha value is -4.26. The van der Waals surface area contributed by atoms with Crippen LogP contribution in [0.2, 0.25) is 5.02 Å².